The van der Waals surface area contributed by atoms with Gasteiger partial charge in [-0.25, -0.2) is 0 Å². The molecule has 40 atom stereocenters. The number of aliphatic hydroxyl groups is 22. The molecule has 9 fully saturated rings. The summed E-state index contributed by atoms with van der Waals surface area (Å²) in [6.45, 7) is 11.3. The standard InChI is InChI=1S/C66H112O34/c1-24(9-13-37(63(4,5)88)98-61-55(100-59-53(87)47(81)41(75)31(21-70)94-59)49(83)43(77)33(96-61)23-90-57-51(85)45(79)39(73)29(19-68)92-57)25-15-16-64(6)34-12-10-26-27(66(34,8)35(71)17-65(25,64)7)11-14-36(62(26,2)3)97-60-54(99-58-52(86)46(80)40(74)30(20-69)93-58)48(82)42(76)32(95-60)22-89-56-50(84)44(78)38(72)28(18-67)91-56/h10,24-25,27-61,67-88H,9,11-23H2,1-8H3/t24-,25?,27?,28-,29-,30+,31+,32-,33-,34?,35-,36+,37-,38-,39-,40+,41+,42-,43-,44+,45+,46-,47-,48+,49+,50-,51-,52+,53+,54-,55-,56-,57-,58-,59-,60+,61+,64+,65-,66+/m1/s1. The van der Waals surface area contributed by atoms with Crippen molar-refractivity contribution in [3.8, 4) is 0 Å². The Labute approximate surface area is 579 Å². The van der Waals surface area contributed by atoms with Gasteiger partial charge in [-0.1, -0.05) is 53.2 Å². The maximum Gasteiger partial charge on any atom is 0.187 e. The highest BCUT2D eigenvalue weighted by Crippen LogP contribution is 2.75. The lowest BCUT2D eigenvalue weighted by atomic mass is 9.38. The average molecular weight is 1450 g/mol. The smallest absolute Gasteiger partial charge is 0.187 e. The summed E-state index contributed by atoms with van der Waals surface area (Å²) in [4.78, 5) is 0. The minimum atomic E-state index is -1.99. The zero-order valence-corrected chi connectivity index (χ0v) is 57.6. The fraction of sp³-hybridized carbons (Fsp3) is 0.970. The van der Waals surface area contributed by atoms with Crippen LogP contribution in [0.25, 0.3) is 0 Å². The predicted octanol–water partition coefficient (Wildman–Crippen LogP) is -7.58. The fourth-order valence-electron chi connectivity index (χ4n) is 18.5. The van der Waals surface area contributed by atoms with Gasteiger partial charge in [0.2, 0.25) is 0 Å². The van der Waals surface area contributed by atoms with Crippen LogP contribution in [0.4, 0.5) is 0 Å². The van der Waals surface area contributed by atoms with E-state index in [0.717, 1.165) is 18.4 Å². The Hall–Kier alpha value is -1.62. The molecule has 580 valence electrons. The van der Waals surface area contributed by atoms with Crippen LogP contribution in [0, 0.1) is 45.3 Å². The second-order valence-electron chi connectivity index (χ2n) is 31.5. The third kappa shape index (κ3) is 14.8. The van der Waals surface area contributed by atoms with Crippen LogP contribution < -0.4 is 0 Å². The molecule has 6 aliphatic heterocycles. The Morgan fingerprint density at radius 3 is 1.30 bits per heavy atom. The summed E-state index contributed by atoms with van der Waals surface area (Å²) in [6.07, 6.45) is -48.7. The summed E-state index contributed by atoms with van der Waals surface area (Å²) in [5, 5.41) is 239. The van der Waals surface area contributed by atoms with E-state index in [1.54, 1.807) is 0 Å². The van der Waals surface area contributed by atoms with Crippen molar-refractivity contribution in [1.82, 2.24) is 0 Å². The van der Waals surface area contributed by atoms with Crippen LogP contribution in [0.1, 0.15) is 107 Å². The topological polar surface area (TPSA) is 556 Å². The molecule has 34 heteroatoms. The van der Waals surface area contributed by atoms with Crippen molar-refractivity contribution in [2.75, 3.05) is 39.6 Å². The second kappa shape index (κ2) is 31.5. The van der Waals surface area contributed by atoms with Gasteiger partial charge in [-0.2, -0.15) is 0 Å². The molecule has 0 spiro atoms. The van der Waals surface area contributed by atoms with Gasteiger partial charge in [0.05, 0.1) is 63.6 Å². The van der Waals surface area contributed by atoms with Gasteiger partial charge in [0, 0.05) is 10.8 Å². The fourth-order valence-corrected chi connectivity index (χ4v) is 18.5. The van der Waals surface area contributed by atoms with E-state index in [1.165, 1.54) is 13.8 Å². The second-order valence-corrected chi connectivity index (χ2v) is 31.5. The van der Waals surface area contributed by atoms with Gasteiger partial charge in [0.15, 0.2) is 37.7 Å². The molecule has 3 unspecified atom stereocenters. The molecule has 4 aliphatic carbocycles. The maximum absolute atomic E-state index is 13.0. The molecular formula is C66H112O34. The van der Waals surface area contributed by atoms with Crippen LogP contribution in [-0.2, 0) is 56.8 Å². The summed E-state index contributed by atoms with van der Waals surface area (Å²) < 4.78 is 72.0. The zero-order valence-electron chi connectivity index (χ0n) is 57.6. The van der Waals surface area contributed by atoms with Crippen LogP contribution in [0.5, 0.6) is 0 Å². The molecule has 3 saturated carbocycles. The van der Waals surface area contributed by atoms with Gasteiger partial charge in [-0.05, 0) is 99.7 Å². The van der Waals surface area contributed by atoms with E-state index in [-0.39, 0.29) is 35.5 Å². The van der Waals surface area contributed by atoms with Crippen molar-refractivity contribution in [1.29, 1.82) is 0 Å². The van der Waals surface area contributed by atoms with E-state index < -0.39 is 264 Å². The molecule has 10 rings (SSSR count). The number of hydrogen-bond acceptors (Lipinski definition) is 34. The number of aliphatic hydroxyl groups excluding tert-OH is 21. The van der Waals surface area contributed by atoms with E-state index >= 15 is 0 Å². The van der Waals surface area contributed by atoms with Gasteiger partial charge in [0.1, 0.15) is 146 Å². The monoisotopic (exact) mass is 1450 g/mol. The molecule has 6 saturated heterocycles. The molecule has 0 radical (unpaired) electrons. The van der Waals surface area contributed by atoms with Crippen LogP contribution in [0.15, 0.2) is 11.6 Å². The minimum absolute atomic E-state index is 0.00756. The van der Waals surface area contributed by atoms with Gasteiger partial charge in [-0.15, -0.1) is 0 Å². The highest BCUT2D eigenvalue weighted by molar-refractivity contribution is 5.32. The van der Waals surface area contributed by atoms with Crippen LogP contribution in [0.2, 0.25) is 0 Å². The van der Waals surface area contributed by atoms with E-state index in [2.05, 4.69) is 33.8 Å². The molecule has 100 heavy (non-hydrogen) atoms. The number of rotatable bonds is 23. The molecule has 0 aromatic rings. The van der Waals surface area contributed by atoms with Crippen LogP contribution in [0.3, 0.4) is 0 Å². The molecule has 10 aliphatic rings. The Kier molecular flexibility index (Phi) is 25.5. The Morgan fingerprint density at radius 2 is 0.860 bits per heavy atom. The van der Waals surface area contributed by atoms with Gasteiger partial charge in [0.25, 0.3) is 0 Å². The lowest BCUT2D eigenvalue weighted by Crippen LogP contribution is -2.66. The third-order valence-corrected chi connectivity index (χ3v) is 25.0. The van der Waals surface area contributed by atoms with Crippen molar-refractivity contribution >= 4 is 0 Å². The summed E-state index contributed by atoms with van der Waals surface area (Å²) in [5.41, 5.74) is -3.02. The first kappa shape index (κ1) is 80.9. The van der Waals surface area contributed by atoms with Crippen LogP contribution >= 0.6 is 0 Å². The molecule has 6 heterocycles. The summed E-state index contributed by atoms with van der Waals surface area (Å²) in [7, 11) is 0. The molecule has 34 nitrogen and oxygen atoms in total. The van der Waals surface area contributed by atoms with Gasteiger partial charge < -0.3 is 169 Å². The highest BCUT2D eigenvalue weighted by atomic mass is 16.8. The molecule has 0 aromatic heterocycles. The third-order valence-electron chi connectivity index (χ3n) is 25.0. The molecule has 0 bridgehead atoms. The lowest BCUT2D eigenvalue weighted by Gasteiger charge is -2.67. The number of hydrogen-bond donors (Lipinski definition) is 22. The van der Waals surface area contributed by atoms with Crippen molar-refractivity contribution in [3.05, 3.63) is 11.6 Å². The van der Waals surface area contributed by atoms with E-state index in [0.29, 0.717) is 32.1 Å². The first-order chi connectivity index (χ1) is 46.9. The van der Waals surface area contributed by atoms with E-state index in [9.17, 15) is 112 Å². The van der Waals surface area contributed by atoms with Crippen LogP contribution in [-0.4, -0.2) is 360 Å². The van der Waals surface area contributed by atoms with E-state index in [4.69, 9.17) is 56.8 Å². The molecule has 0 amide bonds. The minimum Gasteiger partial charge on any atom is -0.394 e. The number of fused-ring (bicyclic) bond motifs is 5. The number of ether oxygens (including phenoxy) is 12. The van der Waals surface area contributed by atoms with Crippen molar-refractivity contribution < 1.29 is 169 Å². The normalized spacial score (nSPS) is 52.1. The first-order valence-corrected chi connectivity index (χ1v) is 35.1. The Balaban J connectivity index is 0.853. The quantitative estimate of drug-likeness (QED) is 0.0423. The van der Waals surface area contributed by atoms with E-state index in [1.807, 2.05) is 13.8 Å². The summed E-state index contributed by atoms with van der Waals surface area (Å²) >= 11 is 0. The summed E-state index contributed by atoms with van der Waals surface area (Å²) in [5.74, 6) is -0.322. The molecule has 22 N–H and O–H groups in total. The lowest BCUT2D eigenvalue weighted by molar-refractivity contribution is -0.380. The highest BCUT2D eigenvalue weighted by Gasteiger charge is 2.71. The van der Waals surface area contributed by atoms with Crippen molar-refractivity contribution in [2.45, 2.75) is 315 Å². The Bertz CT molecular complexity index is 2670. The van der Waals surface area contributed by atoms with Gasteiger partial charge >= 0.3 is 0 Å². The zero-order chi connectivity index (χ0) is 73.5. The average Bonchev–Trinajstić information content (AvgIpc) is 1.33. The Morgan fingerprint density at radius 1 is 0.460 bits per heavy atom. The predicted molar refractivity (Wildman–Crippen MR) is 333 cm³/mol. The van der Waals surface area contributed by atoms with Crippen molar-refractivity contribution in [3.63, 3.8) is 0 Å². The first-order valence-electron chi connectivity index (χ1n) is 35.1. The summed E-state index contributed by atoms with van der Waals surface area (Å²) in [6, 6.07) is 0. The maximum atomic E-state index is 13.0. The van der Waals surface area contributed by atoms with Crippen molar-refractivity contribution in [2.24, 2.45) is 45.3 Å². The number of allylic oxidation sites excluding steroid dienone is 1. The molecular weight excluding hydrogens is 1340 g/mol. The SMILES string of the molecule is C[C@H](CC[C@@H](O[C@@H]1O[C@H](CO[C@@H]2O[C@H](CO)[C@@H](O)[C@H](O)[C@H]2O)[C@@H](O)[C@H](O)[C@H]1O[C@H]1O[C@@H](CO)[C@H](O)[C@@H](O)[C@@H]1O)C(C)(C)O)C1CC[C@@]2(C)C3CC=C4C(CC[C@H](O[C@@H]5O[C@H](CO[C@@H]6O[C@H](CO)[C@@H](O)[C@H](O)[C@H]6O)[C@@H](O)[C@H](O)[C@H]5O[C@H]5O[C@@H](CO)[C@H](O)[C@@H](O)[C@@H]5O)C4(C)C)[C@]3(C)[C@H](O)C[C@]12C. The molecule has 0 aromatic carbocycles. The van der Waals surface area contributed by atoms with Gasteiger partial charge in [-0.3, -0.25) is 0 Å². The largest absolute Gasteiger partial charge is 0.394 e.